The molecule has 0 aromatic heterocycles. The first-order valence-electron chi connectivity index (χ1n) is 11.3. The van der Waals surface area contributed by atoms with Gasteiger partial charge in [0.05, 0.1) is 18.6 Å². The largest absolute Gasteiger partial charge is 0.508 e. The number of aliphatic carboxylic acids is 1. The molecule has 5 unspecified atom stereocenters. The molecule has 13 nitrogen and oxygen atoms in total. The smallest absolute Gasteiger partial charge is 0.326 e. The number of aromatic hydroxyl groups is 1. The summed E-state index contributed by atoms with van der Waals surface area (Å²) in [7, 11) is 0. The van der Waals surface area contributed by atoms with Crippen LogP contribution in [0.25, 0.3) is 0 Å². The van der Waals surface area contributed by atoms with Crippen LogP contribution in [0.5, 0.6) is 5.75 Å². The average molecular weight is 510 g/mol. The van der Waals surface area contributed by atoms with E-state index in [9.17, 15) is 39.3 Å². The standard InChI is InChI=1S/C23H35N5O8/c1-11(2)8-17(23(35)36)27-21(33)16(9-13-4-6-14(30)7-5-13)26-22(34)19(12(3)29)28-20(32)15(24)10-18(25)31/h4-7,11-12,15-17,19,29-30H,8-10,24H2,1-3H3,(H2,25,31)(H,26,34)(H,27,33)(H,28,32)(H,35,36). The second-order valence-electron chi connectivity index (χ2n) is 8.96. The van der Waals surface area contributed by atoms with Gasteiger partial charge in [-0.25, -0.2) is 4.79 Å². The molecule has 0 heterocycles. The molecule has 0 aliphatic heterocycles. The van der Waals surface area contributed by atoms with Gasteiger partial charge in [-0.2, -0.15) is 0 Å². The van der Waals surface area contributed by atoms with E-state index < -0.39 is 66.3 Å². The summed E-state index contributed by atoms with van der Waals surface area (Å²) in [5.74, 6) is -4.81. The highest BCUT2D eigenvalue weighted by atomic mass is 16.4. The number of carbonyl (C=O) groups is 5. The Morgan fingerprint density at radius 2 is 1.44 bits per heavy atom. The van der Waals surface area contributed by atoms with Crippen molar-refractivity contribution in [1.82, 2.24) is 16.0 Å². The third kappa shape index (κ3) is 10.3. The van der Waals surface area contributed by atoms with Gasteiger partial charge in [0, 0.05) is 6.42 Å². The fraction of sp³-hybridized carbons (Fsp3) is 0.522. The maximum atomic E-state index is 13.0. The number of aliphatic hydroxyl groups is 1. The summed E-state index contributed by atoms with van der Waals surface area (Å²) in [5, 5.41) is 36.1. The number of rotatable bonds is 14. The molecular weight excluding hydrogens is 474 g/mol. The number of primary amides is 1. The summed E-state index contributed by atoms with van der Waals surface area (Å²) in [4.78, 5) is 60.9. The Morgan fingerprint density at radius 1 is 0.889 bits per heavy atom. The molecule has 4 amide bonds. The van der Waals surface area contributed by atoms with Gasteiger partial charge in [0.25, 0.3) is 0 Å². The highest BCUT2D eigenvalue weighted by Gasteiger charge is 2.33. The Morgan fingerprint density at radius 3 is 1.92 bits per heavy atom. The lowest BCUT2D eigenvalue weighted by molar-refractivity contribution is -0.143. The van der Waals surface area contributed by atoms with E-state index in [1.165, 1.54) is 31.2 Å². The van der Waals surface area contributed by atoms with E-state index in [1.54, 1.807) is 13.8 Å². The molecule has 0 radical (unpaired) electrons. The van der Waals surface area contributed by atoms with Crippen LogP contribution in [-0.4, -0.2) is 75.2 Å². The van der Waals surface area contributed by atoms with Gasteiger partial charge in [0.1, 0.15) is 23.9 Å². The first-order chi connectivity index (χ1) is 16.7. The van der Waals surface area contributed by atoms with Crippen LogP contribution in [0.3, 0.4) is 0 Å². The zero-order chi connectivity index (χ0) is 27.6. The predicted molar refractivity (Wildman–Crippen MR) is 128 cm³/mol. The summed E-state index contributed by atoms with van der Waals surface area (Å²) in [6, 6.07) is 0.373. The topological polar surface area (TPSA) is 234 Å². The number of phenols is 1. The van der Waals surface area contributed by atoms with Crippen molar-refractivity contribution in [3.8, 4) is 5.75 Å². The van der Waals surface area contributed by atoms with Crippen LogP contribution in [0.2, 0.25) is 0 Å². The van der Waals surface area contributed by atoms with Crippen LogP contribution in [-0.2, 0) is 30.4 Å². The van der Waals surface area contributed by atoms with Crippen molar-refractivity contribution >= 4 is 29.6 Å². The van der Waals surface area contributed by atoms with Gasteiger partial charge in [-0.15, -0.1) is 0 Å². The quantitative estimate of drug-likeness (QED) is 0.140. The molecule has 13 heteroatoms. The summed E-state index contributed by atoms with van der Waals surface area (Å²) in [5.41, 5.74) is 11.1. The first kappa shape index (κ1) is 30.3. The zero-order valence-corrected chi connectivity index (χ0v) is 20.4. The van der Waals surface area contributed by atoms with Crippen molar-refractivity contribution in [3.63, 3.8) is 0 Å². The molecule has 5 atom stereocenters. The van der Waals surface area contributed by atoms with Crippen LogP contribution in [0.4, 0.5) is 0 Å². The normalized spacial score (nSPS) is 15.2. The Hall–Kier alpha value is -3.71. The first-order valence-corrected chi connectivity index (χ1v) is 11.3. The van der Waals surface area contributed by atoms with Crippen molar-refractivity contribution in [2.45, 2.75) is 70.3 Å². The van der Waals surface area contributed by atoms with Crippen molar-refractivity contribution in [2.24, 2.45) is 17.4 Å². The van der Waals surface area contributed by atoms with Gasteiger partial charge in [-0.05, 0) is 37.0 Å². The van der Waals surface area contributed by atoms with E-state index in [0.717, 1.165) is 0 Å². The number of amides is 4. The number of nitrogens with two attached hydrogens (primary N) is 2. The maximum Gasteiger partial charge on any atom is 0.326 e. The highest BCUT2D eigenvalue weighted by molar-refractivity contribution is 5.95. The molecule has 0 saturated carbocycles. The minimum Gasteiger partial charge on any atom is -0.508 e. The number of hydrogen-bond donors (Lipinski definition) is 8. The molecule has 0 aliphatic carbocycles. The van der Waals surface area contributed by atoms with Crippen LogP contribution in [0.15, 0.2) is 24.3 Å². The van der Waals surface area contributed by atoms with Crippen LogP contribution in [0.1, 0.15) is 39.2 Å². The average Bonchev–Trinajstić information content (AvgIpc) is 2.76. The molecule has 1 rings (SSSR count). The highest BCUT2D eigenvalue weighted by Crippen LogP contribution is 2.13. The summed E-state index contributed by atoms with van der Waals surface area (Å²) in [6.45, 7) is 4.80. The number of carboxylic acid groups (broad SMARTS) is 1. The van der Waals surface area contributed by atoms with Crippen LogP contribution >= 0.6 is 0 Å². The van der Waals surface area contributed by atoms with Gasteiger partial charge < -0.3 is 42.7 Å². The molecule has 36 heavy (non-hydrogen) atoms. The molecule has 200 valence electrons. The Kier molecular flexibility index (Phi) is 11.8. The number of carbonyl (C=O) groups excluding carboxylic acids is 4. The Bertz CT molecular complexity index is 935. The second kappa shape index (κ2) is 14.0. The molecule has 10 N–H and O–H groups in total. The molecular formula is C23H35N5O8. The van der Waals surface area contributed by atoms with Crippen molar-refractivity contribution in [1.29, 1.82) is 0 Å². The minimum atomic E-state index is -1.54. The van der Waals surface area contributed by atoms with E-state index in [2.05, 4.69) is 16.0 Å². The lowest BCUT2D eigenvalue weighted by atomic mass is 10.0. The molecule has 1 aromatic rings. The third-order valence-electron chi connectivity index (χ3n) is 5.15. The van der Waals surface area contributed by atoms with Gasteiger partial charge >= 0.3 is 5.97 Å². The van der Waals surface area contributed by atoms with Gasteiger partial charge in [-0.1, -0.05) is 26.0 Å². The van der Waals surface area contributed by atoms with Crippen molar-refractivity contribution in [2.75, 3.05) is 0 Å². The van der Waals surface area contributed by atoms with Gasteiger partial charge in [0.15, 0.2) is 0 Å². The van der Waals surface area contributed by atoms with Gasteiger partial charge in [0.2, 0.25) is 23.6 Å². The molecule has 0 spiro atoms. The van der Waals surface area contributed by atoms with Crippen molar-refractivity contribution < 1.29 is 39.3 Å². The molecule has 0 fully saturated rings. The van der Waals surface area contributed by atoms with E-state index in [4.69, 9.17) is 11.5 Å². The lowest BCUT2D eigenvalue weighted by Crippen LogP contribution is -2.60. The molecule has 0 saturated heterocycles. The minimum absolute atomic E-state index is 0.0177. The predicted octanol–water partition coefficient (Wildman–Crippen LogP) is -1.90. The third-order valence-corrected chi connectivity index (χ3v) is 5.15. The number of nitrogens with one attached hydrogen (secondary N) is 3. The van der Waals surface area contributed by atoms with E-state index in [1.807, 2.05) is 0 Å². The zero-order valence-electron chi connectivity index (χ0n) is 20.4. The number of benzene rings is 1. The number of aliphatic hydroxyl groups excluding tert-OH is 1. The Labute approximate surface area is 208 Å². The summed E-state index contributed by atoms with van der Waals surface area (Å²) >= 11 is 0. The summed E-state index contributed by atoms with van der Waals surface area (Å²) < 4.78 is 0. The lowest BCUT2D eigenvalue weighted by Gasteiger charge is -2.26. The fourth-order valence-electron chi connectivity index (χ4n) is 3.28. The number of carboxylic acids is 1. The SMILES string of the molecule is CC(C)CC(NC(=O)C(Cc1ccc(O)cc1)NC(=O)C(NC(=O)C(N)CC(N)=O)C(C)O)C(=O)O. The van der Waals surface area contributed by atoms with Crippen molar-refractivity contribution in [3.05, 3.63) is 29.8 Å². The fourth-order valence-corrected chi connectivity index (χ4v) is 3.28. The van der Waals surface area contributed by atoms with E-state index >= 15 is 0 Å². The number of hydrogen-bond acceptors (Lipinski definition) is 8. The second-order valence-corrected chi connectivity index (χ2v) is 8.96. The van der Waals surface area contributed by atoms with E-state index in [-0.39, 0.29) is 24.5 Å². The monoisotopic (exact) mass is 509 g/mol. The van der Waals surface area contributed by atoms with Crippen LogP contribution < -0.4 is 27.4 Å². The van der Waals surface area contributed by atoms with E-state index in [0.29, 0.717) is 5.56 Å². The molecule has 0 aliphatic rings. The maximum absolute atomic E-state index is 13.0. The Balaban J connectivity index is 3.13. The number of phenolic OH excluding ortho intramolecular Hbond substituents is 1. The molecule has 1 aromatic carbocycles. The molecule has 0 bridgehead atoms. The van der Waals surface area contributed by atoms with Gasteiger partial charge in [-0.3, -0.25) is 19.2 Å². The summed E-state index contributed by atoms with van der Waals surface area (Å²) in [6.07, 6.45) is -1.85. The van der Waals surface area contributed by atoms with Crippen LogP contribution in [0, 0.1) is 5.92 Å².